The molecule has 0 aliphatic carbocycles. The highest BCUT2D eigenvalue weighted by atomic mass is 35.5. The van der Waals surface area contributed by atoms with E-state index in [0.717, 1.165) is 5.56 Å². The summed E-state index contributed by atoms with van der Waals surface area (Å²) in [6.45, 7) is 1.51. The average molecular weight is 306 g/mol. The van der Waals surface area contributed by atoms with Crippen LogP contribution in [-0.2, 0) is 4.79 Å². The van der Waals surface area contributed by atoms with Crippen LogP contribution >= 0.6 is 11.6 Å². The predicted molar refractivity (Wildman–Crippen MR) is 82.7 cm³/mol. The maximum atomic E-state index is 11.1. The summed E-state index contributed by atoms with van der Waals surface area (Å²) in [6.07, 6.45) is -0.771. The minimum Gasteiger partial charge on any atom is -0.488 e. The molecule has 0 spiro atoms. The summed E-state index contributed by atoms with van der Waals surface area (Å²) in [6, 6.07) is 14.0. The average Bonchev–Trinajstić information content (AvgIpc) is 2.46. The van der Waals surface area contributed by atoms with Crippen LogP contribution in [0.5, 0.6) is 5.75 Å². The summed E-state index contributed by atoms with van der Waals surface area (Å²) in [7, 11) is 0. The van der Waals surface area contributed by atoms with Crippen molar-refractivity contribution in [3.8, 4) is 5.75 Å². The van der Waals surface area contributed by atoms with Gasteiger partial charge in [-0.25, -0.2) is 0 Å². The number of halogens is 1. The molecule has 1 atom stereocenters. The number of hydrogen-bond acceptors (Lipinski definition) is 3. The molecule has 110 valence electrons. The van der Waals surface area contributed by atoms with Crippen LogP contribution in [-0.4, -0.2) is 17.6 Å². The van der Waals surface area contributed by atoms with Crippen LogP contribution in [0.3, 0.4) is 0 Å². The third kappa shape index (κ3) is 4.48. The summed E-state index contributed by atoms with van der Waals surface area (Å²) >= 11 is 5.81. The zero-order valence-electron chi connectivity index (χ0n) is 11.5. The largest absolute Gasteiger partial charge is 0.488 e. The lowest BCUT2D eigenvalue weighted by molar-refractivity contribution is -0.114. The maximum Gasteiger partial charge on any atom is 0.221 e. The van der Waals surface area contributed by atoms with Gasteiger partial charge in [0.15, 0.2) is 0 Å². The number of nitrogens with one attached hydrogen (secondary N) is 1. The van der Waals surface area contributed by atoms with Crippen molar-refractivity contribution >= 4 is 23.2 Å². The zero-order valence-corrected chi connectivity index (χ0v) is 12.3. The predicted octanol–water partition coefficient (Wildman–Crippen LogP) is 3.41. The van der Waals surface area contributed by atoms with E-state index in [9.17, 15) is 9.90 Å². The van der Waals surface area contributed by atoms with E-state index in [2.05, 4.69) is 5.32 Å². The Morgan fingerprint density at radius 2 is 1.90 bits per heavy atom. The van der Waals surface area contributed by atoms with Crippen LogP contribution in [0.15, 0.2) is 48.5 Å². The van der Waals surface area contributed by atoms with Gasteiger partial charge in [-0.15, -0.1) is 0 Å². The summed E-state index contributed by atoms with van der Waals surface area (Å²) in [5.74, 6) is 0.338. The third-order valence-electron chi connectivity index (χ3n) is 2.85. The molecule has 21 heavy (non-hydrogen) atoms. The summed E-state index contributed by atoms with van der Waals surface area (Å²) in [4.78, 5) is 11.1. The van der Waals surface area contributed by atoms with Crippen LogP contribution in [0.25, 0.3) is 0 Å². The van der Waals surface area contributed by atoms with E-state index in [1.54, 1.807) is 48.5 Å². The van der Waals surface area contributed by atoms with Gasteiger partial charge >= 0.3 is 0 Å². The number of hydrogen-bond donors (Lipinski definition) is 2. The van der Waals surface area contributed by atoms with Crippen LogP contribution in [0.4, 0.5) is 5.69 Å². The molecule has 2 aromatic rings. The second-order valence-corrected chi connectivity index (χ2v) is 4.99. The van der Waals surface area contributed by atoms with Gasteiger partial charge in [-0.1, -0.05) is 35.9 Å². The van der Waals surface area contributed by atoms with Crippen molar-refractivity contribution in [3.05, 3.63) is 59.1 Å². The monoisotopic (exact) mass is 305 g/mol. The molecular formula is C16H16ClNO3. The van der Waals surface area contributed by atoms with Gasteiger partial charge in [0.1, 0.15) is 18.5 Å². The van der Waals surface area contributed by atoms with Gasteiger partial charge in [0.05, 0.1) is 5.69 Å². The van der Waals surface area contributed by atoms with Crippen molar-refractivity contribution in [3.63, 3.8) is 0 Å². The fraction of sp³-hybridized carbons (Fsp3) is 0.188. The molecule has 5 heteroatoms. The van der Waals surface area contributed by atoms with Crippen molar-refractivity contribution in [2.24, 2.45) is 0 Å². The normalized spacial score (nSPS) is 11.8. The molecule has 1 amide bonds. The van der Waals surface area contributed by atoms with Gasteiger partial charge < -0.3 is 15.2 Å². The minimum absolute atomic E-state index is 0.0816. The minimum atomic E-state index is -0.771. The molecule has 0 saturated heterocycles. The number of ether oxygens (including phenoxy) is 1. The van der Waals surface area contributed by atoms with Gasteiger partial charge in [-0.2, -0.15) is 0 Å². The molecule has 2 N–H and O–H groups in total. The zero-order chi connectivity index (χ0) is 15.2. The molecule has 0 fully saturated rings. The standard InChI is InChI=1S/C16H16ClNO3/c1-11(19)18-14-4-2-3-5-16(14)21-10-15(20)12-6-8-13(17)9-7-12/h2-9,15,20H,10H2,1H3,(H,18,19). The van der Waals surface area contributed by atoms with Gasteiger partial charge in [0.2, 0.25) is 5.91 Å². The molecule has 0 aromatic heterocycles. The van der Waals surface area contributed by atoms with Crippen molar-refractivity contribution in [2.45, 2.75) is 13.0 Å². The van der Waals surface area contributed by atoms with Crippen molar-refractivity contribution in [2.75, 3.05) is 11.9 Å². The third-order valence-corrected chi connectivity index (χ3v) is 3.10. The molecule has 0 heterocycles. The molecule has 1 unspecified atom stereocenters. The lowest BCUT2D eigenvalue weighted by Crippen LogP contribution is -2.12. The Balaban J connectivity index is 2.02. The first-order valence-corrected chi connectivity index (χ1v) is 6.87. The number of carbonyl (C=O) groups excluding carboxylic acids is 1. The van der Waals surface area contributed by atoms with Crippen LogP contribution in [0.2, 0.25) is 5.02 Å². The highest BCUT2D eigenvalue weighted by Gasteiger charge is 2.10. The number of para-hydroxylation sites is 2. The Kier molecular flexibility index (Phi) is 5.20. The first kappa shape index (κ1) is 15.4. The van der Waals surface area contributed by atoms with Crippen molar-refractivity contribution in [1.29, 1.82) is 0 Å². The summed E-state index contributed by atoms with van der Waals surface area (Å²) in [5.41, 5.74) is 1.30. The van der Waals surface area contributed by atoms with Crippen LogP contribution < -0.4 is 10.1 Å². The number of aliphatic hydroxyl groups is 1. The molecule has 0 bridgehead atoms. The van der Waals surface area contributed by atoms with Crippen molar-refractivity contribution < 1.29 is 14.6 Å². The molecule has 0 saturated carbocycles. The van der Waals surface area contributed by atoms with E-state index < -0.39 is 6.10 Å². The highest BCUT2D eigenvalue weighted by molar-refractivity contribution is 6.30. The SMILES string of the molecule is CC(=O)Nc1ccccc1OCC(O)c1ccc(Cl)cc1. The van der Waals surface area contributed by atoms with Gasteiger partial charge in [-0.05, 0) is 29.8 Å². The molecule has 2 rings (SSSR count). The Hall–Kier alpha value is -2.04. The van der Waals surface area contributed by atoms with Crippen LogP contribution in [0.1, 0.15) is 18.6 Å². The quantitative estimate of drug-likeness (QED) is 0.890. The number of aliphatic hydroxyl groups excluding tert-OH is 1. The molecule has 0 radical (unpaired) electrons. The molecule has 4 nitrogen and oxygen atoms in total. The van der Waals surface area contributed by atoms with Crippen molar-refractivity contribution in [1.82, 2.24) is 0 Å². The lowest BCUT2D eigenvalue weighted by Gasteiger charge is -2.15. The van der Waals surface area contributed by atoms with E-state index in [1.807, 2.05) is 0 Å². The number of benzene rings is 2. The first-order chi connectivity index (χ1) is 10.1. The van der Waals surface area contributed by atoms with E-state index in [1.165, 1.54) is 6.92 Å². The van der Waals surface area contributed by atoms with E-state index >= 15 is 0 Å². The Morgan fingerprint density at radius 3 is 2.57 bits per heavy atom. The maximum absolute atomic E-state index is 11.1. The van der Waals surface area contributed by atoms with E-state index in [0.29, 0.717) is 16.5 Å². The molecule has 2 aromatic carbocycles. The molecule has 0 aliphatic rings. The van der Waals surface area contributed by atoms with E-state index in [4.69, 9.17) is 16.3 Å². The Morgan fingerprint density at radius 1 is 1.24 bits per heavy atom. The lowest BCUT2D eigenvalue weighted by atomic mass is 10.1. The second kappa shape index (κ2) is 7.11. The van der Waals surface area contributed by atoms with Gasteiger partial charge in [-0.3, -0.25) is 4.79 Å². The number of amides is 1. The molecular weight excluding hydrogens is 290 g/mol. The Labute approximate surface area is 128 Å². The fourth-order valence-corrected chi connectivity index (χ4v) is 1.96. The molecule has 0 aliphatic heterocycles. The summed E-state index contributed by atoms with van der Waals surface area (Å²) < 4.78 is 5.59. The second-order valence-electron chi connectivity index (χ2n) is 4.56. The first-order valence-electron chi connectivity index (χ1n) is 6.49. The van der Waals surface area contributed by atoms with Crippen LogP contribution in [0, 0.1) is 0 Å². The van der Waals surface area contributed by atoms with Gasteiger partial charge in [0.25, 0.3) is 0 Å². The fourth-order valence-electron chi connectivity index (χ4n) is 1.84. The number of anilines is 1. The number of carbonyl (C=O) groups is 1. The summed E-state index contributed by atoms with van der Waals surface area (Å²) in [5, 5.41) is 13.4. The topological polar surface area (TPSA) is 58.6 Å². The van der Waals surface area contributed by atoms with E-state index in [-0.39, 0.29) is 12.5 Å². The van der Waals surface area contributed by atoms with Gasteiger partial charge in [0, 0.05) is 11.9 Å². The highest BCUT2D eigenvalue weighted by Crippen LogP contribution is 2.25. The smallest absolute Gasteiger partial charge is 0.221 e. The number of rotatable bonds is 5. The Bertz CT molecular complexity index is 613.